The van der Waals surface area contributed by atoms with Gasteiger partial charge < -0.3 is 21.7 Å². The molecule has 0 unspecified atom stereocenters. The molecule has 0 saturated heterocycles. The number of nitrogens with one attached hydrogen (secondary N) is 3. The first-order valence-corrected chi connectivity index (χ1v) is 9.33. The maximum Gasteiger partial charge on any atom is 0.255 e. The summed E-state index contributed by atoms with van der Waals surface area (Å²) in [6.07, 6.45) is 0. The smallest absolute Gasteiger partial charge is 0.255 e. The highest BCUT2D eigenvalue weighted by Gasteiger charge is 2.09. The molecule has 0 heterocycles. The lowest BCUT2D eigenvalue weighted by Crippen LogP contribution is -2.23. The van der Waals surface area contributed by atoms with Crippen LogP contribution < -0.4 is 21.7 Å². The van der Waals surface area contributed by atoms with Crippen LogP contribution in [0, 0.1) is 6.92 Å². The number of hydrogen-bond donors (Lipinski definition) is 4. The molecule has 0 spiro atoms. The number of anilines is 3. The van der Waals surface area contributed by atoms with E-state index in [9.17, 15) is 14.4 Å². The highest BCUT2D eigenvalue weighted by molar-refractivity contribution is 6.04. The summed E-state index contributed by atoms with van der Waals surface area (Å²) in [6.45, 7) is 1.89. The summed E-state index contributed by atoms with van der Waals surface area (Å²) in [5.41, 5.74) is 8.93. The fourth-order valence-electron chi connectivity index (χ4n) is 2.86. The van der Waals surface area contributed by atoms with Crippen molar-refractivity contribution in [3.05, 3.63) is 89.5 Å². The Bertz CT molecular complexity index is 1080. The predicted molar refractivity (Wildman–Crippen MR) is 118 cm³/mol. The van der Waals surface area contributed by atoms with Gasteiger partial charge in [-0.25, -0.2) is 0 Å². The van der Waals surface area contributed by atoms with Gasteiger partial charge in [-0.1, -0.05) is 29.8 Å². The van der Waals surface area contributed by atoms with Crippen molar-refractivity contribution in [1.29, 1.82) is 0 Å². The van der Waals surface area contributed by atoms with E-state index >= 15 is 0 Å². The zero-order valence-electron chi connectivity index (χ0n) is 16.4. The Morgan fingerprint density at radius 1 is 0.833 bits per heavy atom. The molecule has 3 aromatic rings. The molecule has 30 heavy (non-hydrogen) atoms. The standard InChI is InChI=1S/C23H22N4O3/c1-15-5-4-6-16(13-15)23(30)27-18-11-9-17(10-12-18)26-21(28)14-25-20-8-3-2-7-19(20)22(24)29/h2-13,25H,14H2,1H3,(H2,24,29)(H,26,28)(H,27,30). The normalized spacial score (nSPS) is 10.2. The molecule has 3 amide bonds. The Morgan fingerprint density at radius 3 is 2.17 bits per heavy atom. The second-order valence-corrected chi connectivity index (χ2v) is 6.71. The van der Waals surface area contributed by atoms with Gasteiger partial charge in [-0.2, -0.15) is 0 Å². The molecule has 0 atom stereocenters. The van der Waals surface area contributed by atoms with Gasteiger partial charge in [-0.3, -0.25) is 14.4 Å². The predicted octanol–water partition coefficient (Wildman–Crippen LogP) is 3.40. The molecule has 0 aliphatic carbocycles. The summed E-state index contributed by atoms with van der Waals surface area (Å²) in [5, 5.41) is 8.48. The Hall–Kier alpha value is -4.13. The molecule has 3 aromatic carbocycles. The number of benzene rings is 3. The van der Waals surface area contributed by atoms with Crippen molar-refractivity contribution >= 4 is 34.8 Å². The molecule has 0 fully saturated rings. The zero-order valence-corrected chi connectivity index (χ0v) is 16.4. The topological polar surface area (TPSA) is 113 Å². The van der Waals surface area contributed by atoms with Crippen molar-refractivity contribution in [1.82, 2.24) is 0 Å². The second kappa shape index (κ2) is 9.38. The van der Waals surface area contributed by atoms with Gasteiger partial charge in [-0.15, -0.1) is 0 Å². The summed E-state index contributed by atoms with van der Waals surface area (Å²) >= 11 is 0. The third-order valence-corrected chi connectivity index (χ3v) is 4.34. The van der Waals surface area contributed by atoms with Gasteiger partial charge in [0, 0.05) is 22.6 Å². The van der Waals surface area contributed by atoms with E-state index in [-0.39, 0.29) is 18.4 Å². The van der Waals surface area contributed by atoms with Crippen LogP contribution in [0.3, 0.4) is 0 Å². The Morgan fingerprint density at radius 2 is 1.50 bits per heavy atom. The minimum atomic E-state index is -0.568. The van der Waals surface area contributed by atoms with Crippen molar-refractivity contribution in [2.75, 3.05) is 22.5 Å². The van der Waals surface area contributed by atoms with E-state index < -0.39 is 5.91 Å². The van der Waals surface area contributed by atoms with Gasteiger partial charge in [0.05, 0.1) is 12.1 Å². The van der Waals surface area contributed by atoms with Crippen molar-refractivity contribution in [3.63, 3.8) is 0 Å². The number of nitrogens with two attached hydrogens (primary N) is 1. The van der Waals surface area contributed by atoms with Crippen molar-refractivity contribution in [2.45, 2.75) is 6.92 Å². The second-order valence-electron chi connectivity index (χ2n) is 6.71. The summed E-state index contributed by atoms with van der Waals surface area (Å²) in [7, 11) is 0. The van der Waals surface area contributed by atoms with Gasteiger partial charge in [0.15, 0.2) is 0 Å². The van der Waals surface area contributed by atoms with Gasteiger partial charge in [0.25, 0.3) is 11.8 Å². The van der Waals surface area contributed by atoms with Crippen LogP contribution >= 0.6 is 0 Å². The fourth-order valence-corrected chi connectivity index (χ4v) is 2.86. The van der Waals surface area contributed by atoms with E-state index in [4.69, 9.17) is 5.73 Å². The van der Waals surface area contributed by atoms with Crippen LogP contribution in [0.1, 0.15) is 26.3 Å². The average Bonchev–Trinajstić information content (AvgIpc) is 2.74. The average molecular weight is 402 g/mol. The summed E-state index contributed by atoms with van der Waals surface area (Å²) in [4.78, 5) is 35.9. The maximum atomic E-state index is 12.3. The van der Waals surface area contributed by atoms with Crippen molar-refractivity contribution < 1.29 is 14.4 Å². The summed E-state index contributed by atoms with van der Waals surface area (Å²) in [6, 6.07) is 20.8. The van der Waals surface area contributed by atoms with E-state index in [0.29, 0.717) is 28.2 Å². The molecule has 0 bridgehead atoms. The summed E-state index contributed by atoms with van der Waals surface area (Å²) < 4.78 is 0. The molecule has 0 radical (unpaired) electrons. The number of hydrogen-bond acceptors (Lipinski definition) is 4. The number of rotatable bonds is 7. The monoisotopic (exact) mass is 402 g/mol. The van der Waals surface area contributed by atoms with Crippen molar-refractivity contribution in [2.24, 2.45) is 5.73 Å². The lowest BCUT2D eigenvalue weighted by Gasteiger charge is -2.11. The van der Waals surface area contributed by atoms with Gasteiger partial charge in [0.1, 0.15) is 0 Å². The number of amides is 3. The Balaban J connectivity index is 1.55. The SMILES string of the molecule is Cc1cccc(C(=O)Nc2ccc(NC(=O)CNc3ccccc3C(N)=O)cc2)c1. The number of aryl methyl sites for hydroxylation is 1. The molecule has 0 aromatic heterocycles. The highest BCUT2D eigenvalue weighted by Crippen LogP contribution is 2.16. The van der Waals surface area contributed by atoms with Gasteiger partial charge >= 0.3 is 0 Å². The first kappa shape index (κ1) is 20.6. The Kier molecular flexibility index (Phi) is 6.44. The molecular weight excluding hydrogens is 380 g/mol. The highest BCUT2D eigenvalue weighted by atomic mass is 16.2. The van der Waals surface area contributed by atoms with E-state index in [0.717, 1.165) is 5.56 Å². The van der Waals surface area contributed by atoms with Crippen LogP contribution in [-0.2, 0) is 4.79 Å². The van der Waals surface area contributed by atoms with Crippen LogP contribution in [-0.4, -0.2) is 24.3 Å². The number of primary amides is 1. The molecule has 0 saturated carbocycles. The summed E-state index contributed by atoms with van der Waals surface area (Å²) in [5.74, 6) is -1.06. The third kappa shape index (κ3) is 5.45. The molecule has 0 aliphatic rings. The Labute approximate surface area is 174 Å². The molecule has 152 valence electrons. The lowest BCUT2D eigenvalue weighted by atomic mass is 10.1. The van der Waals surface area contributed by atoms with Gasteiger partial charge in [0.2, 0.25) is 5.91 Å². The minimum absolute atomic E-state index is 0.0316. The molecule has 7 heteroatoms. The molecule has 0 aliphatic heterocycles. The van der Waals surface area contributed by atoms with E-state index in [1.165, 1.54) is 0 Å². The van der Waals surface area contributed by atoms with Crippen LogP contribution in [0.2, 0.25) is 0 Å². The minimum Gasteiger partial charge on any atom is -0.376 e. The number of para-hydroxylation sites is 1. The van der Waals surface area contributed by atoms with Crippen LogP contribution in [0.25, 0.3) is 0 Å². The number of carbonyl (C=O) groups is 3. The quantitative estimate of drug-likeness (QED) is 0.485. The van der Waals surface area contributed by atoms with E-state index in [2.05, 4.69) is 16.0 Å². The zero-order chi connectivity index (χ0) is 21.5. The third-order valence-electron chi connectivity index (χ3n) is 4.34. The fraction of sp³-hybridized carbons (Fsp3) is 0.0870. The molecule has 3 rings (SSSR count). The van der Waals surface area contributed by atoms with Crippen molar-refractivity contribution in [3.8, 4) is 0 Å². The first-order valence-electron chi connectivity index (χ1n) is 9.33. The molecule has 5 N–H and O–H groups in total. The van der Waals surface area contributed by atoms with E-state index in [1.54, 1.807) is 54.6 Å². The molecular formula is C23H22N4O3. The van der Waals surface area contributed by atoms with Crippen LogP contribution in [0.4, 0.5) is 17.1 Å². The molecule has 7 nitrogen and oxygen atoms in total. The first-order chi connectivity index (χ1) is 14.4. The van der Waals surface area contributed by atoms with Gasteiger partial charge in [-0.05, 0) is 55.5 Å². The maximum absolute atomic E-state index is 12.3. The lowest BCUT2D eigenvalue weighted by molar-refractivity contribution is -0.114. The number of carbonyl (C=O) groups excluding carboxylic acids is 3. The van der Waals surface area contributed by atoms with Crippen LogP contribution in [0.5, 0.6) is 0 Å². The van der Waals surface area contributed by atoms with E-state index in [1.807, 2.05) is 25.1 Å². The largest absolute Gasteiger partial charge is 0.376 e. The van der Waals surface area contributed by atoms with Crippen LogP contribution in [0.15, 0.2) is 72.8 Å².